The van der Waals surface area contributed by atoms with Crippen LogP contribution in [-0.2, 0) is 6.42 Å². The van der Waals surface area contributed by atoms with Crippen LogP contribution in [0.1, 0.15) is 5.56 Å². The minimum absolute atomic E-state index is 0.215. The molecular weight excluding hydrogens is 207 g/mol. The van der Waals surface area contributed by atoms with Gasteiger partial charge in [0.05, 0.1) is 5.02 Å². The van der Waals surface area contributed by atoms with Gasteiger partial charge in [0.25, 0.3) is 0 Å². The van der Waals surface area contributed by atoms with Gasteiger partial charge in [-0.05, 0) is 41.5 Å². The van der Waals surface area contributed by atoms with Crippen LogP contribution in [0.3, 0.4) is 0 Å². The second-order valence-corrected chi connectivity index (χ2v) is 4.84. The third kappa shape index (κ3) is 2.18. The fourth-order valence-corrected chi connectivity index (χ4v) is 2.32. The highest BCUT2D eigenvalue weighted by molar-refractivity contribution is 8.00. The lowest BCUT2D eigenvalue weighted by atomic mass is 10.0. The summed E-state index contributed by atoms with van der Waals surface area (Å²) in [5.74, 6) is 2.87. The minimum Gasteiger partial charge on any atom is -0.205 e. The Labute approximate surface area is 86.5 Å². The highest BCUT2D eigenvalue weighted by atomic mass is 35.5. The first kappa shape index (κ1) is 9.35. The molecule has 0 nitrogen and oxygen atoms in total. The highest BCUT2D eigenvalue weighted by Crippen LogP contribution is 2.28. The zero-order valence-corrected chi connectivity index (χ0v) is 8.67. The van der Waals surface area contributed by atoms with Crippen molar-refractivity contribution in [1.82, 2.24) is 0 Å². The SMILES string of the molecule is Fc1cc(CC2CSC2)ccc1Cl. The van der Waals surface area contributed by atoms with Crippen LogP contribution in [0.4, 0.5) is 4.39 Å². The van der Waals surface area contributed by atoms with Gasteiger partial charge in [0.15, 0.2) is 0 Å². The molecule has 1 fully saturated rings. The normalized spacial score (nSPS) is 17.1. The van der Waals surface area contributed by atoms with Gasteiger partial charge in [-0.2, -0.15) is 11.8 Å². The number of thioether (sulfide) groups is 1. The van der Waals surface area contributed by atoms with Crippen LogP contribution in [0.5, 0.6) is 0 Å². The number of halogens is 2. The van der Waals surface area contributed by atoms with Crippen LogP contribution < -0.4 is 0 Å². The summed E-state index contributed by atoms with van der Waals surface area (Å²) < 4.78 is 13.0. The van der Waals surface area contributed by atoms with E-state index in [0.29, 0.717) is 0 Å². The smallest absolute Gasteiger partial charge is 0.142 e. The monoisotopic (exact) mass is 216 g/mol. The van der Waals surface area contributed by atoms with E-state index in [2.05, 4.69) is 0 Å². The Hall–Kier alpha value is -0.210. The van der Waals surface area contributed by atoms with E-state index in [1.807, 2.05) is 17.8 Å². The van der Waals surface area contributed by atoms with Gasteiger partial charge < -0.3 is 0 Å². The molecule has 13 heavy (non-hydrogen) atoms. The number of hydrogen-bond donors (Lipinski definition) is 0. The van der Waals surface area contributed by atoms with Crippen LogP contribution >= 0.6 is 23.4 Å². The minimum atomic E-state index is -0.300. The van der Waals surface area contributed by atoms with E-state index in [1.165, 1.54) is 11.5 Å². The molecule has 0 N–H and O–H groups in total. The van der Waals surface area contributed by atoms with Gasteiger partial charge in [-0.15, -0.1) is 0 Å². The topological polar surface area (TPSA) is 0 Å². The van der Waals surface area contributed by atoms with Crippen molar-refractivity contribution in [2.75, 3.05) is 11.5 Å². The van der Waals surface area contributed by atoms with E-state index in [0.717, 1.165) is 17.9 Å². The summed E-state index contributed by atoms with van der Waals surface area (Å²) in [6.45, 7) is 0. The summed E-state index contributed by atoms with van der Waals surface area (Å²) in [5.41, 5.74) is 1.06. The number of benzene rings is 1. The Bertz CT molecular complexity index is 310. The van der Waals surface area contributed by atoms with Crippen molar-refractivity contribution in [3.8, 4) is 0 Å². The molecule has 1 aliphatic rings. The fourth-order valence-electron chi connectivity index (χ4n) is 1.40. The summed E-state index contributed by atoms with van der Waals surface area (Å²) >= 11 is 7.54. The second-order valence-electron chi connectivity index (χ2n) is 3.36. The third-order valence-corrected chi connectivity index (χ3v) is 3.94. The van der Waals surface area contributed by atoms with Crippen LogP contribution in [0, 0.1) is 11.7 Å². The third-order valence-electron chi connectivity index (χ3n) is 2.22. The highest BCUT2D eigenvalue weighted by Gasteiger charge is 2.18. The van der Waals surface area contributed by atoms with Crippen molar-refractivity contribution in [1.29, 1.82) is 0 Å². The van der Waals surface area contributed by atoms with Crippen LogP contribution in [-0.4, -0.2) is 11.5 Å². The summed E-state index contributed by atoms with van der Waals surface area (Å²) in [4.78, 5) is 0. The molecule has 0 bridgehead atoms. The molecule has 0 aromatic heterocycles. The standard InChI is InChI=1S/C10H10ClFS/c11-9-2-1-7(4-10(9)12)3-8-5-13-6-8/h1-2,4,8H,3,5-6H2. The van der Waals surface area contributed by atoms with E-state index >= 15 is 0 Å². The first-order chi connectivity index (χ1) is 6.25. The van der Waals surface area contributed by atoms with E-state index < -0.39 is 0 Å². The van der Waals surface area contributed by atoms with Crippen molar-refractivity contribution < 1.29 is 4.39 Å². The molecule has 0 atom stereocenters. The molecule has 0 aliphatic carbocycles. The van der Waals surface area contributed by atoms with Gasteiger partial charge in [0.2, 0.25) is 0 Å². The molecule has 0 saturated carbocycles. The van der Waals surface area contributed by atoms with Gasteiger partial charge >= 0.3 is 0 Å². The van der Waals surface area contributed by atoms with E-state index in [9.17, 15) is 4.39 Å². The Kier molecular flexibility index (Phi) is 2.80. The number of rotatable bonds is 2. The molecule has 2 rings (SSSR count). The lowest BCUT2D eigenvalue weighted by molar-refractivity contribution is 0.610. The zero-order chi connectivity index (χ0) is 9.26. The summed E-state index contributed by atoms with van der Waals surface area (Å²) in [6.07, 6.45) is 0.987. The first-order valence-corrected chi connectivity index (χ1v) is 5.80. The molecule has 1 aromatic carbocycles. The lowest BCUT2D eigenvalue weighted by Gasteiger charge is -2.24. The van der Waals surface area contributed by atoms with Crippen molar-refractivity contribution in [2.45, 2.75) is 6.42 Å². The molecule has 0 radical (unpaired) electrons. The summed E-state index contributed by atoms with van der Waals surface area (Å²) in [5, 5.41) is 0.215. The average Bonchev–Trinajstić information content (AvgIpc) is 2.04. The predicted molar refractivity (Wildman–Crippen MR) is 55.9 cm³/mol. The molecule has 1 saturated heterocycles. The average molecular weight is 217 g/mol. The Morgan fingerprint density at radius 3 is 2.77 bits per heavy atom. The molecule has 1 aliphatic heterocycles. The summed E-state index contributed by atoms with van der Waals surface area (Å²) in [7, 11) is 0. The van der Waals surface area contributed by atoms with Crippen molar-refractivity contribution in [3.63, 3.8) is 0 Å². The quantitative estimate of drug-likeness (QED) is 0.731. The Morgan fingerprint density at radius 1 is 1.46 bits per heavy atom. The van der Waals surface area contributed by atoms with E-state index in [-0.39, 0.29) is 10.8 Å². The van der Waals surface area contributed by atoms with Gasteiger partial charge in [0.1, 0.15) is 5.82 Å². The largest absolute Gasteiger partial charge is 0.205 e. The van der Waals surface area contributed by atoms with Crippen molar-refractivity contribution in [3.05, 3.63) is 34.6 Å². The van der Waals surface area contributed by atoms with Crippen LogP contribution in [0.2, 0.25) is 5.02 Å². The van der Waals surface area contributed by atoms with Gasteiger partial charge in [-0.25, -0.2) is 4.39 Å². The number of hydrogen-bond acceptors (Lipinski definition) is 1. The molecule has 70 valence electrons. The van der Waals surface area contributed by atoms with E-state index in [4.69, 9.17) is 11.6 Å². The molecule has 1 heterocycles. The Morgan fingerprint density at radius 2 is 2.23 bits per heavy atom. The van der Waals surface area contributed by atoms with Gasteiger partial charge in [-0.3, -0.25) is 0 Å². The molecule has 3 heteroatoms. The maximum atomic E-state index is 13.0. The molecule has 0 amide bonds. The molecule has 0 spiro atoms. The van der Waals surface area contributed by atoms with E-state index in [1.54, 1.807) is 12.1 Å². The van der Waals surface area contributed by atoms with Crippen LogP contribution in [0.15, 0.2) is 18.2 Å². The lowest BCUT2D eigenvalue weighted by Crippen LogP contribution is -2.20. The first-order valence-electron chi connectivity index (χ1n) is 4.27. The van der Waals surface area contributed by atoms with Crippen molar-refractivity contribution >= 4 is 23.4 Å². The Balaban J connectivity index is 2.07. The second kappa shape index (κ2) is 3.89. The maximum Gasteiger partial charge on any atom is 0.142 e. The van der Waals surface area contributed by atoms with Gasteiger partial charge in [0, 0.05) is 0 Å². The molecular formula is C10H10ClFS. The summed E-state index contributed by atoms with van der Waals surface area (Å²) in [6, 6.07) is 5.09. The zero-order valence-electron chi connectivity index (χ0n) is 7.09. The van der Waals surface area contributed by atoms with Crippen molar-refractivity contribution in [2.24, 2.45) is 5.92 Å². The predicted octanol–water partition coefficient (Wildman–Crippen LogP) is 3.38. The van der Waals surface area contributed by atoms with Gasteiger partial charge in [-0.1, -0.05) is 17.7 Å². The molecule has 1 aromatic rings. The fraction of sp³-hybridized carbons (Fsp3) is 0.400. The maximum absolute atomic E-state index is 13.0. The molecule has 0 unspecified atom stereocenters. The van der Waals surface area contributed by atoms with Crippen LogP contribution in [0.25, 0.3) is 0 Å².